The first-order chi connectivity index (χ1) is 12.3. The van der Waals surface area contributed by atoms with Crippen molar-refractivity contribution < 1.29 is 14.3 Å². The van der Waals surface area contributed by atoms with Crippen LogP contribution in [0.5, 0.6) is 0 Å². The van der Waals surface area contributed by atoms with Crippen LogP contribution in [0.25, 0.3) is 5.57 Å². The smallest absolute Gasteiger partial charge is 0.303 e. The third-order valence-electron chi connectivity index (χ3n) is 3.74. The number of benzene rings is 2. The normalized spacial score (nSPS) is 11.5. The van der Waals surface area contributed by atoms with E-state index in [4.69, 9.17) is 27.9 Å². The van der Waals surface area contributed by atoms with Crippen molar-refractivity contribution in [2.75, 3.05) is 5.32 Å². The number of nitrogens with one attached hydrogen (secondary N) is 1. The number of amides is 1. The fourth-order valence-corrected chi connectivity index (χ4v) is 2.88. The summed E-state index contributed by atoms with van der Waals surface area (Å²) >= 11 is 12.4. The lowest BCUT2D eigenvalue weighted by atomic mass is 9.97. The Hall–Kier alpha value is -2.30. The number of hydrogen-bond donors (Lipinski definition) is 1. The van der Waals surface area contributed by atoms with E-state index in [0.29, 0.717) is 33.3 Å². The van der Waals surface area contributed by atoms with E-state index in [0.717, 1.165) is 5.56 Å². The van der Waals surface area contributed by atoms with Gasteiger partial charge in [-0.2, -0.15) is 0 Å². The Balaban J connectivity index is 2.36. The van der Waals surface area contributed by atoms with Crippen LogP contribution in [0.15, 0.2) is 49.0 Å². The van der Waals surface area contributed by atoms with E-state index in [1.807, 2.05) is 18.2 Å². The Kier molecular flexibility index (Phi) is 6.83. The van der Waals surface area contributed by atoms with Gasteiger partial charge in [-0.3, -0.25) is 9.59 Å². The van der Waals surface area contributed by atoms with E-state index in [1.54, 1.807) is 31.2 Å². The van der Waals surface area contributed by atoms with Crippen LogP contribution in [0.3, 0.4) is 0 Å². The van der Waals surface area contributed by atoms with Gasteiger partial charge in [0.25, 0.3) is 5.91 Å². The fourth-order valence-electron chi connectivity index (χ4n) is 2.46. The molecule has 0 spiro atoms. The highest BCUT2D eigenvalue weighted by Gasteiger charge is 2.21. The van der Waals surface area contributed by atoms with E-state index >= 15 is 0 Å². The molecule has 0 bridgehead atoms. The van der Waals surface area contributed by atoms with Gasteiger partial charge in [0.1, 0.15) is 0 Å². The minimum absolute atomic E-state index is 0.361. The van der Waals surface area contributed by atoms with Gasteiger partial charge in [0, 0.05) is 33.8 Å². The highest BCUT2D eigenvalue weighted by atomic mass is 35.5. The van der Waals surface area contributed by atoms with Crippen molar-refractivity contribution >= 4 is 46.3 Å². The maximum absolute atomic E-state index is 12.5. The van der Waals surface area contributed by atoms with Gasteiger partial charge in [0.2, 0.25) is 0 Å². The molecule has 136 valence electrons. The van der Waals surface area contributed by atoms with E-state index in [2.05, 4.69) is 11.9 Å². The molecular formula is C20H19Cl2NO3. The topological polar surface area (TPSA) is 55.4 Å². The number of ether oxygens (including phenoxy) is 1. The van der Waals surface area contributed by atoms with Crippen molar-refractivity contribution in [3.05, 3.63) is 70.2 Å². The molecule has 0 aliphatic carbocycles. The van der Waals surface area contributed by atoms with Crippen molar-refractivity contribution in [2.24, 2.45) is 0 Å². The highest BCUT2D eigenvalue weighted by Crippen LogP contribution is 2.34. The number of hydrogen-bond acceptors (Lipinski definition) is 3. The molecule has 2 rings (SSSR count). The molecule has 1 N–H and O–H groups in total. The fraction of sp³-hybridized carbons (Fsp3) is 0.200. The molecule has 4 nitrogen and oxygen atoms in total. The van der Waals surface area contributed by atoms with E-state index in [9.17, 15) is 9.59 Å². The molecule has 1 atom stereocenters. The van der Waals surface area contributed by atoms with Gasteiger partial charge in [0.15, 0.2) is 6.10 Å². The predicted molar refractivity (Wildman–Crippen MR) is 106 cm³/mol. The maximum Gasteiger partial charge on any atom is 0.303 e. The SMILES string of the molecule is C=C(c1ccccc1Cl)c1cc(Cl)ccc1NC(=O)C(CC)OC(C)=O. The molecule has 2 aromatic rings. The molecule has 2 aromatic carbocycles. The first kappa shape index (κ1) is 20.0. The molecule has 0 aromatic heterocycles. The molecule has 6 heteroatoms. The molecule has 0 aliphatic rings. The molecule has 0 radical (unpaired) electrons. The van der Waals surface area contributed by atoms with Gasteiger partial charge in [-0.15, -0.1) is 0 Å². The summed E-state index contributed by atoms with van der Waals surface area (Å²) in [6.07, 6.45) is -0.510. The Morgan fingerprint density at radius 3 is 2.46 bits per heavy atom. The lowest BCUT2D eigenvalue weighted by molar-refractivity contribution is -0.152. The Bertz CT molecular complexity index is 849. The number of carbonyl (C=O) groups is 2. The van der Waals surface area contributed by atoms with Gasteiger partial charge >= 0.3 is 5.97 Å². The van der Waals surface area contributed by atoms with Crippen LogP contribution in [0.1, 0.15) is 31.4 Å². The predicted octanol–water partition coefficient (Wildman–Crippen LogP) is 5.34. The molecule has 1 amide bonds. The van der Waals surface area contributed by atoms with Crippen LogP contribution >= 0.6 is 23.2 Å². The van der Waals surface area contributed by atoms with Crippen LogP contribution in [0.2, 0.25) is 10.0 Å². The minimum Gasteiger partial charge on any atom is -0.452 e. The number of esters is 1. The number of anilines is 1. The van der Waals surface area contributed by atoms with Gasteiger partial charge in [-0.1, -0.05) is 54.9 Å². The van der Waals surface area contributed by atoms with Gasteiger partial charge < -0.3 is 10.1 Å². The monoisotopic (exact) mass is 391 g/mol. The molecule has 0 heterocycles. The lowest BCUT2D eigenvalue weighted by Crippen LogP contribution is -2.31. The molecule has 0 saturated carbocycles. The summed E-state index contributed by atoms with van der Waals surface area (Å²) in [4.78, 5) is 23.6. The quantitative estimate of drug-likeness (QED) is 0.676. The summed E-state index contributed by atoms with van der Waals surface area (Å²) in [5.74, 6) is -0.929. The third-order valence-corrected chi connectivity index (χ3v) is 4.30. The average Bonchev–Trinajstić information content (AvgIpc) is 2.60. The Morgan fingerprint density at radius 1 is 1.15 bits per heavy atom. The maximum atomic E-state index is 12.5. The highest BCUT2D eigenvalue weighted by molar-refractivity contribution is 6.33. The van der Waals surface area contributed by atoms with Crippen LogP contribution in [-0.2, 0) is 14.3 Å². The first-order valence-corrected chi connectivity index (χ1v) is 8.80. The summed E-state index contributed by atoms with van der Waals surface area (Å²) in [6, 6.07) is 12.3. The summed E-state index contributed by atoms with van der Waals surface area (Å²) in [5, 5.41) is 3.83. The van der Waals surface area contributed by atoms with Gasteiger partial charge in [-0.05, 0) is 36.3 Å². The second kappa shape index (κ2) is 8.88. The standard InChI is InChI=1S/C20H19Cl2NO3/c1-4-19(26-13(3)24)20(25)23-18-10-9-14(21)11-16(18)12(2)15-7-5-6-8-17(15)22/h5-11,19H,2,4H2,1,3H3,(H,23,25). The minimum atomic E-state index is -0.871. The summed E-state index contributed by atoms with van der Waals surface area (Å²) in [6.45, 7) is 7.13. The second-order valence-electron chi connectivity index (χ2n) is 5.64. The number of rotatable bonds is 6. The Labute approximate surface area is 162 Å². The molecule has 0 saturated heterocycles. The summed E-state index contributed by atoms with van der Waals surface area (Å²) in [7, 11) is 0. The number of carbonyl (C=O) groups excluding carboxylic acids is 2. The zero-order valence-corrected chi connectivity index (χ0v) is 16.0. The molecule has 26 heavy (non-hydrogen) atoms. The van der Waals surface area contributed by atoms with Crippen LogP contribution in [-0.4, -0.2) is 18.0 Å². The molecular weight excluding hydrogens is 373 g/mol. The van der Waals surface area contributed by atoms with Crippen molar-refractivity contribution in [3.8, 4) is 0 Å². The van der Waals surface area contributed by atoms with Crippen LogP contribution < -0.4 is 5.32 Å². The van der Waals surface area contributed by atoms with E-state index < -0.39 is 18.0 Å². The average molecular weight is 392 g/mol. The van der Waals surface area contributed by atoms with Crippen molar-refractivity contribution in [1.29, 1.82) is 0 Å². The molecule has 0 aliphatic heterocycles. The van der Waals surface area contributed by atoms with Crippen molar-refractivity contribution in [3.63, 3.8) is 0 Å². The van der Waals surface area contributed by atoms with E-state index in [1.165, 1.54) is 6.92 Å². The zero-order chi connectivity index (χ0) is 19.3. The van der Waals surface area contributed by atoms with Gasteiger partial charge in [0.05, 0.1) is 0 Å². The summed E-state index contributed by atoms with van der Waals surface area (Å²) in [5.41, 5.74) is 2.50. The zero-order valence-electron chi connectivity index (χ0n) is 14.5. The second-order valence-corrected chi connectivity index (χ2v) is 6.49. The van der Waals surface area contributed by atoms with Gasteiger partial charge in [-0.25, -0.2) is 0 Å². The lowest BCUT2D eigenvalue weighted by Gasteiger charge is -2.18. The largest absolute Gasteiger partial charge is 0.452 e. The van der Waals surface area contributed by atoms with Crippen LogP contribution in [0.4, 0.5) is 5.69 Å². The van der Waals surface area contributed by atoms with Crippen molar-refractivity contribution in [2.45, 2.75) is 26.4 Å². The summed E-state index contributed by atoms with van der Waals surface area (Å²) < 4.78 is 5.04. The third kappa shape index (κ3) is 4.87. The van der Waals surface area contributed by atoms with Crippen LogP contribution in [0, 0.1) is 0 Å². The number of halogens is 2. The molecule has 0 fully saturated rings. The molecule has 1 unspecified atom stereocenters. The first-order valence-electron chi connectivity index (χ1n) is 8.05. The van der Waals surface area contributed by atoms with E-state index in [-0.39, 0.29) is 0 Å². The Morgan fingerprint density at radius 2 is 1.85 bits per heavy atom. The van der Waals surface area contributed by atoms with Crippen molar-refractivity contribution in [1.82, 2.24) is 0 Å².